The van der Waals surface area contributed by atoms with Gasteiger partial charge in [0.25, 0.3) is 0 Å². The lowest BCUT2D eigenvalue weighted by Crippen LogP contribution is -2.56. The lowest BCUT2D eigenvalue weighted by Gasteiger charge is -2.27. The highest BCUT2D eigenvalue weighted by Gasteiger charge is 2.30. The Hall–Kier alpha value is -7.56. The number of rotatable bonds is 4. The van der Waals surface area contributed by atoms with Crippen LogP contribution in [0.15, 0.2) is 205 Å². The summed E-state index contributed by atoms with van der Waals surface area (Å²) in [6.45, 7) is 0.170. The molecule has 0 bridgehead atoms. The van der Waals surface area contributed by atoms with Crippen LogP contribution in [0.3, 0.4) is 0 Å². The van der Waals surface area contributed by atoms with Gasteiger partial charge in [0, 0.05) is 43.6 Å². The van der Waals surface area contributed by atoms with Gasteiger partial charge >= 0.3 is 0 Å². The maximum Gasteiger partial charge on any atom is 0.241 e. The standard InChI is InChI=1S/C55H35BN2O/c1-6-24-47-36(14-1)32-37-15-2-7-25-48(37)56(47)38-17-11-16-35(33-38)40-21-12-22-44-45-23-13-29-53(55(45)59-54(40)44)58-51-28-10-5-20-43(51)46-34-39(30-31-52(46)58)57-49-26-8-3-18-41(49)42-19-4-9-27-50(42)57/h1-31,33-34H,32H2. The highest BCUT2D eigenvalue weighted by atomic mass is 16.3. The van der Waals surface area contributed by atoms with Gasteiger partial charge < -0.3 is 13.6 Å². The summed E-state index contributed by atoms with van der Waals surface area (Å²) in [5.74, 6) is 0. The van der Waals surface area contributed by atoms with E-state index in [-0.39, 0.29) is 6.71 Å². The van der Waals surface area contributed by atoms with Crippen LogP contribution in [0, 0.1) is 0 Å². The minimum Gasteiger partial charge on any atom is -0.453 e. The number of para-hydroxylation sites is 5. The molecule has 0 saturated heterocycles. The van der Waals surface area contributed by atoms with Crippen LogP contribution in [0.5, 0.6) is 0 Å². The van der Waals surface area contributed by atoms with Crippen molar-refractivity contribution in [2.24, 2.45) is 0 Å². The third-order valence-corrected chi connectivity index (χ3v) is 12.9. The Balaban J connectivity index is 0.990. The van der Waals surface area contributed by atoms with Crippen molar-refractivity contribution in [3.05, 3.63) is 211 Å². The molecule has 3 nitrogen and oxygen atoms in total. The number of hydrogen-bond acceptors (Lipinski definition) is 1. The normalized spacial score (nSPS) is 12.6. The van der Waals surface area contributed by atoms with Crippen LogP contribution in [-0.2, 0) is 6.42 Å². The third-order valence-electron chi connectivity index (χ3n) is 12.9. The molecule has 0 N–H and O–H groups in total. The van der Waals surface area contributed by atoms with Gasteiger partial charge in [0.05, 0.1) is 27.8 Å². The maximum absolute atomic E-state index is 7.14. The van der Waals surface area contributed by atoms with Gasteiger partial charge in [-0.2, -0.15) is 0 Å². The quantitative estimate of drug-likeness (QED) is 0.164. The van der Waals surface area contributed by atoms with E-state index in [0.717, 1.165) is 61.9 Å². The van der Waals surface area contributed by atoms with Crippen molar-refractivity contribution in [3.8, 4) is 22.5 Å². The first-order valence-electron chi connectivity index (χ1n) is 20.5. The van der Waals surface area contributed by atoms with Gasteiger partial charge in [-0.05, 0) is 65.6 Å². The monoisotopic (exact) mass is 750 g/mol. The van der Waals surface area contributed by atoms with Crippen LogP contribution < -0.4 is 16.4 Å². The lowest BCUT2D eigenvalue weighted by atomic mass is 9.33. The van der Waals surface area contributed by atoms with Crippen molar-refractivity contribution in [2.45, 2.75) is 6.42 Å². The molecule has 9 aromatic carbocycles. The molecule has 274 valence electrons. The summed E-state index contributed by atoms with van der Waals surface area (Å²) < 4.78 is 11.9. The minimum absolute atomic E-state index is 0.170. The Morgan fingerprint density at radius 1 is 0.390 bits per heavy atom. The van der Waals surface area contributed by atoms with Gasteiger partial charge in [0.15, 0.2) is 5.58 Å². The summed E-state index contributed by atoms with van der Waals surface area (Å²) in [6, 6.07) is 73.3. The lowest BCUT2D eigenvalue weighted by molar-refractivity contribution is 0.667. The van der Waals surface area contributed by atoms with Gasteiger partial charge in [0.2, 0.25) is 6.71 Å². The third kappa shape index (κ3) is 4.72. The van der Waals surface area contributed by atoms with Crippen molar-refractivity contribution in [1.29, 1.82) is 0 Å². The summed E-state index contributed by atoms with van der Waals surface area (Å²) in [6.07, 6.45) is 0.970. The van der Waals surface area contributed by atoms with Crippen molar-refractivity contribution in [1.82, 2.24) is 9.13 Å². The molecule has 0 amide bonds. The fourth-order valence-electron chi connectivity index (χ4n) is 10.3. The van der Waals surface area contributed by atoms with E-state index >= 15 is 0 Å². The highest BCUT2D eigenvalue weighted by molar-refractivity contribution is 6.96. The van der Waals surface area contributed by atoms with E-state index in [1.54, 1.807) is 0 Å². The van der Waals surface area contributed by atoms with Crippen molar-refractivity contribution in [2.75, 3.05) is 0 Å². The first kappa shape index (κ1) is 32.5. The Bertz CT molecular complexity index is 3580. The Labute approximate surface area is 341 Å². The fraction of sp³-hybridized carbons (Fsp3) is 0.0182. The van der Waals surface area contributed by atoms with Crippen LogP contribution >= 0.6 is 0 Å². The Kier molecular flexibility index (Phi) is 6.87. The van der Waals surface area contributed by atoms with E-state index < -0.39 is 0 Å². The van der Waals surface area contributed by atoms with Crippen molar-refractivity contribution < 1.29 is 4.42 Å². The SMILES string of the molecule is c1cc(B2c3ccccc3Cc3ccccc32)cc(-c2cccc3c2oc2c(-n4c5ccccc5c5cc(-n6c7ccccc7c7ccccc76)ccc54)cccc23)c1. The molecule has 3 aromatic heterocycles. The van der Waals surface area contributed by atoms with Crippen LogP contribution in [0.2, 0.25) is 0 Å². The number of furan rings is 1. The van der Waals surface area contributed by atoms with Crippen molar-refractivity contribution >= 4 is 88.7 Å². The van der Waals surface area contributed by atoms with Gasteiger partial charge in [-0.25, -0.2) is 0 Å². The number of hydrogen-bond donors (Lipinski definition) is 0. The Morgan fingerprint density at radius 3 is 1.64 bits per heavy atom. The minimum atomic E-state index is 0.170. The molecule has 0 fully saturated rings. The zero-order valence-corrected chi connectivity index (χ0v) is 32.1. The molecule has 12 aromatic rings. The van der Waals surface area contributed by atoms with Crippen LogP contribution in [-0.4, -0.2) is 15.8 Å². The van der Waals surface area contributed by atoms with Gasteiger partial charge in [-0.1, -0.05) is 174 Å². The zero-order valence-electron chi connectivity index (χ0n) is 32.1. The molecule has 0 unspecified atom stereocenters. The number of fused-ring (bicyclic) bond motifs is 11. The number of aromatic nitrogens is 2. The van der Waals surface area contributed by atoms with Crippen LogP contribution in [0.1, 0.15) is 11.1 Å². The summed E-state index contributed by atoms with van der Waals surface area (Å²) in [7, 11) is 0. The van der Waals surface area contributed by atoms with Crippen molar-refractivity contribution in [3.63, 3.8) is 0 Å². The summed E-state index contributed by atoms with van der Waals surface area (Å²) >= 11 is 0. The van der Waals surface area contributed by atoms with E-state index in [1.807, 2.05) is 0 Å². The molecule has 4 heteroatoms. The molecule has 4 heterocycles. The maximum atomic E-state index is 7.14. The number of nitrogens with zero attached hydrogens (tertiary/aromatic N) is 2. The molecular weight excluding hydrogens is 715 g/mol. The van der Waals surface area contributed by atoms with Gasteiger partial charge in [-0.15, -0.1) is 0 Å². The predicted molar refractivity (Wildman–Crippen MR) is 248 cm³/mol. The summed E-state index contributed by atoms with van der Waals surface area (Å²) in [4.78, 5) is 0. The first-order chi connectivity index (χ1) is 29.3. The largest absolute Gasteiger partial charge is 0.453 e. The second-order valence-electron chi connectivity index (χ2n) is 16.0. The molecule has 0 atom stereocenters. The molecule has 13 rings (SSSR count). The van der Waals surface area contributed by atoms with E-state index in [1.165, 1.54) is 60.1 Å². The molecule has 0 spiro atoms. The second-order valence-corrected chi connectivity index (χ2v) is 16.0. The van der Waals surface area contributed by atoms with E-state index in [0.29, 0.717) is 0 Å². The topological polar surface area (TPSA) is 23.0 Å². The fourth-order valence-corrected chi connectivity index (χ4v) is 10.3. The molecule has 0 aliphatic carbocycles. The molecule has 59 heavy (non-hydrogen) atoms. The molecule has 0 saturated carbocycles. The average molecular weight is 751 g/mol. The number of benzene rings is 9. The predicted octanol–water partition coefficient (Wildman–Crippen LogP) is 11.9. The van der Waals surface area contributed by atoms with Gasteiger partial charge in [0.1, 0.15) is 5.58 Å². The molecular formula is C55H35BN2O. The van der Waals surface area contributed by atoms with E-state index in [9.17, 15) is 0 Å². The smallest absolute Gasteiger partial charge is 0.241 e. The van der Waals surface area contributed by atoms with Gasteiger partial charge in [-0.3, -0.25) is 0 Å². The summed E-state index contributed by atoms with van der Waals surface area (Å²) in [5, 5.41) is 7.17. The van der Waals surface area contributed by atoms with Crippen LogP contribution in [0.25, 0.3) is 88.1 Å². The first-order valence-corrected chi connectivity index (χ1v) is 20.5. The van der Waals surface area contributed by atoms with Crippen LogP contribution in [0.4, 0.5) is 0 Å². The summed E-state index contributed by atoms with van der Waals surface area (Å²) in [5.41, 5.74) is 17.8. The zero-order chi connectivity index (χ0) is 38.6. The highest BCUT2D eigenvalue weighted by Crippen LogP contribution is 2.42. The molecule has 1 aliphatic heterocycles. The molecule has 0 radical (unpaired) electrons. The average Bonchev–Trinajstić information content (AvgIpc) is 3.96. The van der Waals surface area contributed by atoms with E-state index in [4.69, 9.17) is 4.42 Å². The molecule has 1 aliphatic rings. The Morgan fingerprint density at radius 2 is 0.932 bits per heavy atom. The second kappa shape index (κ2) is 12.5. The van der Waals surface area contributed by atoms with E-state index in [2.05, 4.69) is 209 Å².